The number of rotatable bonds is 1. The maximum atomic E-state index is 13.0. The van der Waals surface area contributed by atoms with Crippen molar-refractivity contribution in [2.75, 3.05) is 0 Å². The number of thiocarbonyl (C=S) groups is 1. The summed E-state index contributed by atoms with van der Waals surface area (Å²) in [5, 5.41) is 1.60. The summed E-state index contributed by atoms with van der Waals surface area (Å²) >= 11 is 4.36. The first-order valence-corrected chi connectivity index (χ1v) is 3.98. The average Bonchev–Trinajstić information content (AvgIpc) is 2.01. The van der Waals surface area contributed by atoms with E-state index in [1.807, 2.05) is 5.32 Å². The fraction of sp³-hybridized carbons (Fsp3) is 0. The first kappa shape index (κ1) is 10.5. The number of carbonyl (C=O) groups is 1. The van der Waals surface area contributed by atoms with Crippen molar-refractivity contribution in [3.8, 4) is 0 Å². The van der Waals surface area contributed by atoms with Gasteiger partial charge in [-0.15, -0.1) is 0 Å². The van der Waals surface area contributed by atoms with E-state index in [4.69, 9.17) is 5.73 Å². The molecule has 1 aromatic carbocycles. The number of hydrogen-bond acceptors (Lipinski definition) is 2. The molecule has 3 nitrogen and oxygen atoms in total. The molecule has 0 aliphatic heterocycles. The SMILES string of the molecule is NC(=S)NC(=O)c1c(F)cccc1F. The van der Waals surface area contributed by atoms with E-state index in [2.05, 4.69) is 12.2 Å². The first-order chi connectivity index (χ1) is 6.52. The highest BCUT2D eigenvalue weighted by Gasteiger charge is 2.16. The molecule has 14 heavy (non-hydrogen) atoms. The van der Waals surface area contributed by atoms with E-state index in [-0.39, 0.29) is 5.11 Å². The lowest BCUT2D eigenvalue weighted by Crippen LogP contribution is -2.35. The van der Waals surface area contributed by atoms with Crippen LogP contribution in [0.2, 0.25) is 0 Å². The standard InChI is InChI=1S/C8H6F2N2OS/c9-4-2-1-3-5(10)6(4)7(13)12-8(11)14/h1-3H,(H3,11,12,13,14). The smallest absolute Gasteiger partial charge is 0.263 e. The van der Waals surface area contributed by atoms with Crippen LogP contribution in [0, 0.1) is 11.6 Å². The van der Waals surface area contributed by atoms with E-state index in [1.165, 1.54) is 0 Å². The lowest BCUT2D eigenvalue weighted by Gasteiger charge is -2.04. The first-order valence-electron chi connectivity index (χ1n) is 3.57. The summed E-state index contributed by atoms with van der Waals surface area (Å²) in [5.74, 6) is -2.91. The molecule has 3 N–H and O–H groups in total. The van der Waals surface area contributed by atoms with Gasteiger partial charge in [-0.1, -0.05) is 6.07 Å². The van der Waals surface area contributed by atoms with Crippen LogP contribution in [0.25, 0.3) is 0 Å². The van der Waals surface area contributed by atoms with Crippen molar-refractivity contribution in [2.45, 2.75) is 0 Å². The fourth-order valence-electron chi connectivity index (χ4n) is 0.889. The van der Waals surface area contributed by atoms with Gasteiger partial charge in [0.1, 0.15) is 17.2 Å². The second kappa shape index (κ2) is 4.10. The molecule has 0 saturated carbocycles. The molecular formula is C8H6F2N2OS. The normalized spacial score (nSPS) is 9.57. The molecule has 0 saturated heterocycles. The Kier molecular flexibility index (Phi) is 3.08. The summed E-state index contributed by atoms with van der Waals surface area (Å²) in [6, 6.07) is 3.09. The molecule has 0 aromatic heterocycles. The van der Waals surface area contributed by atoms with E-state index in [0.29, 0.717) is 0 Å². The van der Waals surface area contributed by atoms with Gasteiger partial charge in [-0.3, -0.25) is 10.1 Å². The van der Waals surface area contributed by atoms with Crippen molar-refractivity contribution in [1.29, 1.82) is 0 Å². The molecular weight excluding hydrogens is 210 g/mol. The van der Waals surface area contributed by atoms with Gasteiger partial charge in [-0.05, 0) is 24.4 Å². The predicted molar refractivity (Wildman–Crippen MR) is 50.6 cm³/mol. The number of halogens is 2. The Hall–Kier alpha value is -1.56. The Morgan fingerprint density at radius 3 is 2.29 bits per heavy atom. The number of nitrogens with two attached hydrogens (primary N) is 1. The topological polar surface area (TPSA) is 55.1 Å². The fourth-order valence-corrected chi connectivity index (χ4v) is 0.982. The molecule has 1 rings (SSSR count). The molecule has 74 valence electrons. The summed E-state index contributed by atoms with van der Waals surface area (Å²) in [5.41, 5.74) is 4.29. The highest BCUT2D eigenvalue weighted by Crippen LogP contribution is 2.11. The molecule has 0 aliphatic carbocycles. The van der Waals surface area contributed by atoms with Crippen LogP contribution in [0.4, 0.5) is 8.78 Å². The number of benzene rings is 1. The summed E-state index contributed by atoms with van der Waals surface area (Å²) in [6.07, 6.45) is 0. The van der Waals surface area contributed by atoms with Crippen LogP contribution in [0.5, 0.6) is 0 Å². The zero-order valence-corrected chi connectivity index (χ0v) is 7.70. The van der Waals surface area contributed by atoms with Gasteiger partial charge < -0.3 is 5.73 Å². The molecule has 1 aromatic rings. The van der Waals surface area contributed by atoms with Gasteiger partial charge in [0, 0.05) is 0 Å². The lowest BCUT2D eigenvalue weighted by molar-refractivity contribution is 0.0969. The molecule has 0 bridgehead atoms. The second-order valence-corrected chi connectivity index (χ2v) is 2.85. The minimum atomic E-state index is -0.993. The largest absolute Gasteiger partial charge is 0.376 e. The predicted octanol–water partition coefficient (Wildman–Crippen LogP) is 0.938. The van der Waals surface area contributed by atoms with Crippen molar-refractivity contribution in [3.05, 3.63) is 35.4 Å². The van der Waals surface area contributed by atoms with E-state index in [0.717, 1.165) is 18.2 Å². The van der Waals surface area contributed by atoms with Crippen molar-refractivity contribution in [2.24, 2.45) is 5.73 Å². The molecule has 0 aliphatic rings. The van der Waals surface area contributed by atoms with Crippen LogP contribution in [-0.4, -0.2) is 11.0 Å². The highest BCUT2D eigenvalue weighted by atomic mass is 32.1. The van der Waals surface area contributed by atoms with Gasteiger partial charge in [-0.25, -0.2) is 8.78 Å². The third-order valence-electron chi connectivity index (χ3n) is 1.43. The zero-order chi connectivity index (χ0) is 10.7. The Labute approximate surface area is 83.9 Å². The highest BCUT2D eigenvalue weighted by molar-refractivity contribution is 7.80. The third kappa shape index (κ3) is 2.23. The third-order valence-corrected chi connectivity index (χ3v) is 1.53. The second-order valence-electron chi connectivity index (χ2n) is 2.42. The van der Waals surface area contributed by atoms with Crippen molar-refractivity contribution >= 4 is 23.2 Å². The van der Waals surface area contributed by atoms with Gasteiger partial charge in [0.15, 0.2) is 5.11 Å². The van der Waals surface area contributed by atoms with Crippen molar-refractivity contribution < 1.29 is 13.6 Å². The maximum Gasteiger partial charge on any atom is 0.263 e. The van der Waals surface area contributed by atoms with Crippen LogP contribution < -0.4 is 11.1 Å². The zero-order valence-electron chi connectivity index (χ0n) is 6.88. The maximum absolute atomic E-state index is 13.0. The molecule has 6 heteroatoms. The summed E-state index contributed by atoms with van der Waals surface area (Å²) in [7, 11) is 0. The van der Waals surface area contributed by atoms with E-state index < -0.39 is 23.1 Å². The van der Waals surface area contributed by atoms with Crippen LogP contribution in [0.15, 0.2) is 18.2 Å². The quantitative estimate of drug-likeness (QED) is 0.687. The van der Waals surface area contributed by atoms with Crippen molar-refractivity contribution in [3.63, 3.8) is 0 Å². The molecule has 0 unspecified atom stereocenters. The molecule has 0 fully saturated rings. The molecule has 0 atom stereocenters. The minimum Gasteiger partial charge on any atom is -0.376 e. The average molecular weight is 216 g/mol. The van der Waals surface area contributed by atoms with Crippen LogP contribution in [-0.2, 0) is 0 Å². The number of carbonyl (C=O) groups excluding carboxylic acids is 1. The van der Waals surface area contributed by atoms with Gasteiger partial charge >= 0.3 is 0 Å². The van der Waals surface area contributed by atoms with Crippen LogP contribution in [0.3, 0.4) is 0 Å². The van der Waals surface area contributed by atoms with E-state index >= 15 is 0 Å². The monoisotopic (exact) mass is 216 g/mol. The Balaban J connectivity index is 3.06. The number of amides is 1. The van der Waals surface area contributed by atoms with Gasteiger partial charge in [0.2, 0.25) is 0 Å². The molecule has 1 amide bonds. The number of nitrogens with one attached hydrogen (secondary N) is 1. The summed E-state index contributed by atoms with van der Waals surface area (Å²) in [6.45, 7) is 0. The van der Waals surface area contributed by atoms with E-state index in [1.54, 1.807) is 0 Å². The van der Waals surface area contributed by atoms with E-state index in [9.17, 15) is 13.6 Å². The number of hydrogen-bond donors (Lipinski definition) is 2. The molecule has 0 heterocycles. The lowest BCUT2D eigenvalue weighted by atomic mass is 10.2. The van der Waals surface area contributed by atoms with Crippen LogP contribution in [0.1, 0.15) is 10.4 Å². The van der Waals surface area contributed by atoms with Gasteiger partial charge in [-0.2, -0.15) is 0 Å². The van der Waals surface area contributed by atoms with Crippen molar-refractivity contribution in [1.82, 2.24) is 5.32 Å². The Morgan fingerprint density at radius 2 is 1.86 bits per heavy atom. The van der Waals surface area contributed by atoms with Crippen LogP contribution >= 0.6 is 12.2 Å². The summed E-state index contributed by atoms with van der Waals surface area (Å²) in [4.78, 5) is 11.1. The minimum absolute atomic E-state index is 0.336. The summed E-state index contributed by atoms with van der Waals surface area (Å²) < 4.78 is 25.9. The Bertz CT molecular complexity index is 375. The van der Waals surface area contributed by atoms with Gasteiger partial charge in [0.05, 0.1) is 0 Å². The van der Waals surface area contributed by atoms with Gasteiger partial charge in [0.25, 0.3) is 5.91 Å². The Morgan fingerprint density at radius 1 is 1.36 bits per heavy atom. The molecule has 0 spiro atoms. The molecule has 0 radical (unpaired) electrons.